The fourth-order valence-corrected chi connectivity index (χ4v) is 5.23. The monoisotopic (exact) mass is 426 g/mol. The van der Waals surface area contributed by atoms with Crippen molar-refractivity contribution < 1.29 is 4.79 Å². The minimum Gasteiger partial charge on any atom is -0.326 e. The predicted molar refractivity (Wildman–Crippen MR) is 121 cm³/mol. The SMILES string of the molecule is CC[C@H](C)n1c(S[C@H](C)C(=O)N(C)C2(C#N)CCCCC2)nc2ccccc2c1=O. The molecule has 2 atom stereocenters. The quantitative estimate of drug-likeness (QED) is 0.501. The highest BCUT2D eigenvalue weighted by Crippen LogP contribution is 2.34. The van der Waals surface area contributed by atoms with E-state index >= 15 is 0 Å². The Labute approximate surface area is 182 Å². The van der Waals surface area contributed by atoms with Gasteiger partial charge in [0.15, 0.2) is 5.16 Å². The molecule has 0 spiro atoms. The molecule has 160 valence electrons. The van der Waals surface area contributed by atoms with E-state index in [0.717, 1.165) is 38.5 Å². The lowest BCUT2D eigenvalue weighted by molar-refractivity contribution is -0.133. The van der Waals surface area contributed by atoms with E-state index in [4.69, 9.17) is 4.98 Å². The number of para-hydroxylation sites is 1. The molecule has 6 nitrogen and oxygen atoms in total. The third kappa shape index (κ3) is 4.11. The van der Waals surface area contributed by atoms with Gasteiger partial charge in [-0.2, -0.15) is 5.26 Å². The van der Waals surface area contributed by atoms with Crippen LogP contribution in [0, 0.1) is 11.3 Å². The number of rotatable bonds is 6. The molecule has 1 amide bonds. The summed E-state index contributed by atoms with van der Waals surface area (Å²) in [5, 5.41) is 10.5. The van der Waals surface area contributed by atoms with E-state index in [1.807, 2.05) is 39.0 Å². The van der Waals surface area contributed by atoms with Gasteiger partial charge in [-0.25, -0.2) is 4.98 Å². The van der Waals surface area contributed by atoms with Crippen molar-refractivity contribution in [3.63, 3.8) is 0 Å². The highest BCUT2D eigenvalue weighted by atomic mass is 32.2. The van der Waals surface area contributed by atoms with Crippen molar-refractivity contribution in [3.05, 3.63) is 34.6 Å². The van der Waals surface area contributed by atoms with Gasteiger partial charge in [-0.05, 0) is 45.2 Å². The maximum Gasteiger partial charge on any atom is 0.262 e. The zero-order valence-electron chi connectivity index (χ0n) is 18.2. The van der Waals surface area contributed by atoms with Crippen molar-refractivity contribution in [1.29, 1.82) is 5.26 Å². The summed E-state index contributed by atoms with van der Waals surface area (Å²) >= 11 is 1.30. The van der Waals surface area contributed by atoms with Crippen LogP contribution >= 0.6 is 11.8 Å². The van der Waals surface area contributed by atoms with Gasteiger partial charge >= 0.3 is 0 Å². The van der Waals surface area contributed by atoms with Crippen LogP contribution < -0.4 is 5.56 Å². The number of carbonyl (C=O) groups is 1. The van der Waals surface area contributed by atoms with Crippen LogP contribution in [0.4, 0.5) is 0 Å². The summed E-state index contributed by atoms with van der Waals surface area (Å²) in [5.41, 5.74) is -0.165. The van der Waals surface area contributed by atoms with Gasteiger partial charge in [-0.15, -0.1) is 0 Å². The van der Waals surface area contributed by atoms with E-state index < -0.39 is 10.8 Å². The molecule has 0 unspecified atom stereocenters. The highest BCUT2D eigenvalue weighted by molar-refractivity contribution is 8.00. The molecule has 0 N–H and O–H groups in total. The van der Waals surface area contributed by atoms with E-state index in [1.54, 1.807) is 22.6 Å². The second kappa shape index (κ2) is 9.22. The molecule has 30 heavy (non-hydrogen) atoms. The van der Waals surface area contributed by atoms with Crippen LogP contribution in [-0.4, -0.2) is 38.2 Å². The Morgan fingerprint density at radius 1 is 1.30 bits per heavy atom. The average molecular weight is 427 g/mol. The van der Waals surface area contributed by atoms with E-state index in [0.29, 0.717) is 16.1 Å². The van der Waals surface area contributed by atoms with Crippen LogP contribution in [0.1, 0.15) is 65.3 Å². The Morgan fingerprint density at radius 3 is 2.60 bits per heavy atom. The molecule has 2 aromatic rings. The van der Waals surface area contributed by atoms with Gasteiger partial charge in [-0.1, -0.05) is 50.1 Å². The zero-order valence-corrected chi connectivity index (χ0v) is 19.0. The van der Waals surface area contributed by atoms with Crippen LogP contribution in [0.15, 0.2) is 34.2 Å². The highest BCUT2D eigenvalue weighted by Gasteiger charge is 2.40. The molecular formula is C23H30N4O2S. The van der Waals surface area contributed by atoms with Crippen LogP contribution in [0.3, 0.4) is 0 Å². The van der Waals surface area contributed by atoms with Crippen molar-refractivity contribution in [2.45, 2.75) is 81.3 Å². The summed E-state index contributed by atoms with van der Waals surface area (Å²) in [6, 6.07) is 9.70. The van der Waals surface area contributed by atoms with Gasteiger partial charge in [0.25, 0.3) is 5.56 Å². The van der Waals surface area contributed by atoms with Crippen LogP contribution in [-0.2, 0) is 4.79 Å². The molecule has 0 aliphatic heterocycles. The molecule has 0 radical (unpaired) electrons. The molecule has 0 saturated heterocycles. The number of hydrogen-bond acceptors (Lipinski definition) is 5. The predicted octanol–water partition coefficient (Wildman–Crippen LogP) is 4.53. The summed E-state index contributed by atoms with van der Waals surface area (Å²) in [7, 11) is 1.74. The Bertz CT molecular complexity index is 1020. The van der Waals surface area contributed by atoms with Crippen molar-refractivity contribution in [2.75, 3.05) is 7.05 Å². The fourth-order valence-electron chi connectivity index (χ4n) is 4.13. The molecule has 7 heteroatoms. The Hall–Kier alpha value is -2.33. The number of carbonyl (C=O) groups excluding carboxylic acids is 1. The summed E-state index contributed by atoms with van der Waals surface area (Å²) in [6.45, 7) is 5.86. The van der Waals surface area contributed by atoms with Crippen molar-refractivity contribution in [1.82, 2.24) is 14.5 Å². The first-order valence-corrected chi connectivity index (χ1v) is 11.6. The lowest BCUT2D eigenvalue weighted by Gasteiger charge is -2.40. The third-order valence-corrected chi connectivity index (χ3v) is 7.35. The van der Waals surface area contributed by atoms with E-state index in [9.17, 15) is 14.9 Å². The zero-order chi connectivity index (χ0) is 21.9. The molecular weight excluding hydrogens is 396 g/mol. The largest absolute Gasteiger partial charge is 0.326 e. The molecule has 1 aromatic carbocycles. The first kappa shape index (κ1) is 22.4. The summed E-state index contributed by atoms with van der Waals surface area (Å²) in [4.78, 5) is 32.8. The summed E-state index contributed by atoms with van der Waals surface area (Å²) in [6.07, 6.45) is 5.26. The number of thioether (sulfide) groups is 1. The fraction of sp³-hybridized carbons (Fsp3) is 0.565. The van der Waals surface area contributed by atoms with Crippen LogP contribution in [0.5, 0.6) is 0 Å². The molecule has 1 fully saturated rings. The number of fused-ring (bicyclic) bond motifs is 1. The smallest absolute Gasteiger partial charge is 0.262 e. The maximum absolute atomic E-state index is 13.2. The number of benzene rings is 1. The molecule has 0 bridgehead atoms. The molecule has 3 rings (SSSR count). The van der Waals surface area contributed by atoms with E-state index in [1.165, 1.54) is 11.8 Å². The van der Waals surface area contributed by atoms with Crippen LogP contribution in [0.2, 0.25) is 0 Å². The van der Waals surface area contributed by atoms with E-state index in [-0.39, 0.29) is 17.5 Å². The number of amides is 1. The van der Waals surface area contributed by atoms with E-state index in [2.05, 4.69) is 6.07 Å². The standard InChI is InChI=1S/C23H30N4O2S/c1-5-16(2)27-21(29)18-11-7-8-12-19(18)25-22(27)30-17(3)20(28)26(4)23(15-24)13-9-6-10-14-23/h7-8,11-12,16-17H,5-6,9-10,13-14H2,1-4H3/t16-,17+/m0/s1. The van der Waals surface area contributed by atoms with Crippen LogP contribution in [0.25, 0.3) is 10.9 Å². The molecule has 1 heterocycles. The second-order valence-corrected chi connectivity index (χ2v) is 9.51. The molecule has 1 aliphatic carbocycles. The van der Waals surface area contributed by atoms with Gasteiger partial charge in [0.1, 0.15) is 5.54 Å². The lowest BCUT2D eigenvalue weighted by atomic mass is 9.81. The summed E-state index contributed by atoms with van der Waals surface area (Å²) in [5.74, 6) is -0.0958. The normalized spacial score (nSPS) is 17.8. The average Bonchev–Trinajstić information content (AvgIpc) is 2.78. The van der Waals surface area contributed by atoms with Gasteiger partial charge in [-0.3, -0.25) is 14.2 Å². The molecule has 1 aliphatic rings. The first-order chi connectivity index (χ1) is 14.3. The topological polar surface area (TPSA) is 79.0 Å². The number of nitriles is 1. The molecule has 1 saturated carbocycles. The number of hydrogen-bond donors (Lipinski definition) is 0. The Morgan fingerprint density at radius 2 is 1.97 bits per heavy atom. The Kier molecular flexibility index (Phi) is 6.87. The number of aromatic nitrogens is 2. The minimum atomic E-state index is -0.725. The third-order valence-electron chi connectivity index (χ3n) is 6.30. The van der Waals surface area contributed by atoms with Gasteiger partial charge in [0.2, 0.25) is 5.91 Å². The van der Waals surface area contributed by atoms with Gasteiger partial charge < -0.3 is 4.90 Å². The van der Waals surface area contributed by atoms with Crippen molar-refractivity contribution in [2.24, 2.45) is 0 Å². The number of nitrogens with zero attached hydrogens (tertiary/aromatic N) is 4. The minimum absolute atomic E-state index is 0.0269. The van der Waals surface area contributed by atoms with Crippen molar-refractivity contribution >= 4 is 28.6 Å². The summed E-state index contributed by atoms with van der Waals surface area (Å²) < 4.78 is 1.71. The van der Waals surface area contributed by atoms with Gasteiger partial charge in [0, 0.05) is 13.1 Å². The lowest BCUT2D eigenvalue weighted by Crippen LogP contribution is -2.52. The van der Waals surface area contributed by atoms with Crippen molar-refractivity contribution in [3.8, 4) is 6.07 Å². The molecule has 1 aromatic heterocycles. The first-order valence-electron chi connectivity index (χ1n) is 10.7. The maximum atomic E-state index is 13.2. The second-order valence-electron chi connectivity index (χ2n) is 8.21. The van der Waals surface area contributed by atoms with Gasteiger partial charge in [0.05, 0.1) is 22.2 Å². The Balaban J connectivity index is 1.94.